The number of carbonyl (C=O) groups is 3. The Kier molecular flexibility index (Phi) is 9.46. The van der Waals surface area contributed by atoms with Crippen LogP contribution in [-0.2, 0) is 23.1 Å². The topological polar surface area (TPSA) is 130 Å². The van der Waals surface area contributed by atoms with E-state index in [0.29, 0.717) is 43.0 Å². The van der Waals surface area contributed by atoms with E-state index in [1.165, 1.54) is 4.90 Å². The molecular formula is C33H37Cl2N5O5. The van der Waals surface area contributed by atoms with Crippen LogP contribution in [0.1, 0.15) is 57.8 Å². The summed E-state index contributed by atoms with van der Waals surface area (Å²) in [6.45, 7) is 8.77. The van der Waals surface area contributed by atoms with Crippen molar-refractivity contribution in [3.63, 3.8) is 0 Å². The Morgan fingerprint density at radius 2 is 1.73 bits per heavy atom. The zero-order chi connectivity index (χ0) is 32.6. The number of ether oxygens (including phenoxy) is 1. The van der Waals surface area contributed by atoms with Crippen LogP contribution in [-0.4, -0.2) is 68.3 Å². The van der Waals surface area contributed by atoms with E-state index in [-0.39, 0.29) is 25.0 Å². The number of hydrogen-bond acceptors (Lipinski definition) is 5. The first-order valence-corrected chi connectivity index (χ1v) is 15.7. The van der Waals surface area contributed by atoms with Crippen molar-refractivity contribution in [2.24, 2.45) is 7.05 Å². The number of rotatable bonds is 8. The van der Waals surface area contributed by atoms with Gasteiger partial charge in [-0.1, -0.05) is 29.3 Å². The number of carboxylic acid groups (broad SMARTS) is 1. The average Bonchev–Trinajstić information content (AvgIpc) is 3.49. The number of nitrogens with one attached hydrogen (secondary N) is 2. The summed E-state index contributed by atoms with van der Waals surface area (Å²) in [5.41, 5.74) is 7.44. The molecule has 1 aliphatic heterocycles. The van der Waals surface area contributed by atoms with Crippen LogP contribution < -0.4 is 10.1 Å². The lowest BCUT2D eigenvalue weighted by Crippen LogP contribution is -2.48. The van der Waals surface area contributed by atoms with Gasteiger partial charge in [-0.15, -0.1) is 0 Å². The van der Waals surface area contributed by atoms with E-state index in [2.05, 4.69) is 15.4 Å². The van der Waals surface area contributed by atoms with Crippen LogP contribution in [0.5, 0.6) is 5.75 Å². The summed E-state index contributed by atoms with van der Waals surface area (Å²) in [5.74, 6) is -1.92. The maximum atomic E-state index is 13.8. The highest BCUT2D eigenvalue weighted by molar-refractivity contribution is 6.35. The third-order valence-corrected chi connectivity index (χ3v) is 9.48. The monoisotopic (exact) mass is 653 g/mol. The number of aromatic amines is 1. The van der Waals surface area contributed by atoms with Crippen molar-refractivity contribution in [2.75, 3.05) is 19.7 Å². The van der Waals surface area contributed by atoms with E-state index in [4.69, 9.17) is 33.0 Å². The molecule has 0 atom stereocenters. The van der Waals surface area contributed by atoms with E-state index in [0.717, 1.165) is 60.9 Å². The van der Waals surface area contributed by atoms with Gasteiger partial charge in [0, 0.05) is 53.4 Å². The Morgan fingerprint density at radius 3 is 2.33 bits per heavy atom. The molecule has 4 aromatic rings. The van der Waals surface area contributed by atoms with Crippen molar-refractivity contribution in [3.8, 4) is 16.9 Å². The molecule has 45 heavy (non-hydrogen) atoms. The van der Waals surface area contributed by atoms with Crippen LogP contribution in [0.2, 0.25) is 10.0 Å². The number of benzene rings is 2. The minimum absolute atomic E-state index is 0.208. The fourth-order valence-electron chi connectivity index (χ4n) is 6.18. The summed E-state index contributed by atoms with van der Waals surface area (Å²) >= 11 is 13.1. The Morgan fingerprint density at radius 1 is 1.07 bits per heavy atom. The fourth-order valence-corrected chi connectivity index (χ4v) is 6.54. The van der Waals surface area contributed by atoms with E-state index in [1.54, 1.807) is 0 Å². The Hall–Kier alpha value is -4.02. The van der Waals surface area contributed by atoms with Crippen LogP contribution in [0.15, 0.2) is 24.3 Å². The number of likely N-dealkylation sites (tertiary alicyclic amines) is 1. The maximum Gasteiger partial charge on any atom is 0.394 e. The van der Waals surface area contributed by atoms with Crippen LogP contribution in [0.3, 0.4) is 0 Å². The molecule has 3 heterocycles. The Balaban J connectivity index is 1.44. The van der Waals surface area contributed by atoms with Gasteiger partial charge in [0.05, 0.1) is 22.8 Å². The molecule has 2 aromatic heterocycles. The summed E-state index contributed by atoms with van der Waals surface area (Å²) < 4.78 is 7.89. The minimum Gasteiger partial charge on any atom is -0.494 e. The van der Waals surface area contributed by atoms with Crippen molar-refractivity contribution < 1.29 is 24.2 Å². The van der Waals surface area contributed by atoms with Gasteiger partial charge < -0.3 is 25.0 Å². The largest absolute Gasteiger partial charge is 0.494 e. The molecule has 1 aliphatic rings. The zero-order valence-corrected chi connectivity index (χ0v) is 27.5. The van der Waals surface area contributed by atoms with E-state index in [9.17, 15) is 14.4 Å². The van der Waals surface area contributed by atoms with Gasteiger partial charge in [0.1, 0.15) is 11.4 Å². The summed E-state index contributed by atoms with van der Waals surface area (Å²) in [4.78, 5) is 41.5. The van der Waals surface area contributed by atoms with Crippen LogP contribution >= 0.6 is 23.2 Å². The number of amides is 2. The lowest BCUT2D eigenvalue weighted by molar-refractivity contribution is -0.156. The number of piperidine rings is 1. The lowest BCUT2D eigenvalue weighted by atomic mass is 9.98. The fraction of sp³-hybridized carbons (Fsp3) is 0.394. The van der Waals surface area contributed by atoms with Crippen LogP contribution in [0, 0.1) is 27.7 Å². The SMILES string of the molecule is Cc1cc(OCCCc2c(C(=O)NC3CCN(C(=O)C(=O)O)CC3)[nH]c3c(-c4c(C)nn(C)c4C)c(Cl)ccc23)cc(C)c1Cl. The summed E-state index contributed by atoms with van der Waals surface area (Å²) in [7, 11) is 1.89. The Labute approximate surface area is 271 Å². The zero-order valence-electron chi connectivity index (χ0n) is 26.0. The number of aryl methyl sites for hydroxylation is 5. The lowest BCUT2D eigenvalue weighted by Gasteiger charge is -2.31. The second kappa shape index (κ2) is 13.1. The summed E-state index contributed by atoms with van der Waals surface area (Å²) in [5, 5.41) is 18.9. The molecule has 0 unspecified atom stereocenters. The van der Waals surface area contributed by atoms with Crippen molar-refractivity contribution in [1.29, 1.82) is 0 Å². The molecule has 2 amide bonds. The molecule has 12 heteroatoms. The normalized spacial score (nSPS) is 13.8. The number of halogens is 2. The number of carbonyl (C=O) groups excluding carboxylic acids is 2. The summed E-state index contributed by atoms with van der Waals surface area (Å²) in [6, 6.07) is 7.42. The number of aliphatic carboxylic acids is 1. The molecule has 0 aliphatic carbocycles. The molecule has 10 nitrogen and oxygen atoms in total. The second-order valence-corrected chi connectivity index (χ2v) is 12.4. The predicted octanol–water partition coefficient (Wildman–Crippen LogP) is 5.93. The van der Waals surface area contributed by atoms with Crippen molar-refractivity contribution in [3.05, 3.63) is 68.1 Å². The molecule has 238 valence electrons. The standard InChI is InChI=1S/C33H37Cl2N5O5/c1-17-15-22(16-18(2)28(17)35)45-14-6-7-23-24-8-9-25(34)27(26-19(3)38-39(5)20(26)4)29(24)37-30(23)31(41)36-21-10-12-40(13-11-21)32(42)33(43)44/h8-9,15-16,21,37H,6-7,10-14H2,1-5H3,(H,36,41)(H,43,44). The predicted molar refractivity (Wildman–Crippen MR) is 174 cm³/mol. The second-order valence-electron chi connectivity index (χ2n) is 11.7. The molecule has 5 rings (SSSR count). The Bertz CT molecular complexity index is 1780. The number of aromatic nitrogens is 3. The first kappa shape index (κ1) is 32.4. The highest BCUT2D eigenvalue weighted by Crippen LogP contribution is 2.40. The van der Waals surface area contributed by atoms with Crippen molar-refractivity contribution in [2.45, 2.75) is 59.4 Å². The molecule has 2 aromatic carbocycles. The molecule has 0 bridgehead atoms. The third kappa shape index (κ3) is 6.53. The third-order valence-electron chi connectivity index (χ3n) is 8.57. The number of fused-ring (bicyclic) bond motifs is 1. The van der Waals surface area contributed by atoms with Gasteiger partial charge in [0.15, 0.2) is 0 Å². The number of carboxylic acids is 1. The van der Waals surface area contributed by atoms with E-state index in [1.807, 2.05) is 63.7 Å². The summed E-state index contributed by atoms with van der Waals surface area (Å²) in [6.07, 6.45) is 2.12. The van der Waals surface area contributed by atoms with Gasteiger partial charge in [0.2, 0.25) is 0 Å². The first-order valence-electron chi connectivity index (χ1n) is 14.9. The number of H-pyrrole nitrogens is 1. The minimum atomic E-state index is -1.47. The number of hydrogen-bond donors (Lipinski definition) is 3. The number of nitrogens with zero attached hydrogens (tertiary/aromatic N) is 3. The maximum absolute atomic E-state index is 13.8. The molecule has 3 N–H and O–H groups in total. The van der Waals surface area contributed by atoms with Crippen molar-refractivity contribution >= 4 is 51.9 Å². The highest BCUT2D eigenvalue weighted by Gasteiger charge is 2.29. The van der Waals surface area contributed by atoms with Crippen molar-refractivity contribution in [1.82, 2.24) is 25.0 Å². The molecular weight excluding hydrogens is 617 g/mol. The first-order chi connectivity index (χ1) is 21.4. The molecule has 0 saturated carbocycles. The van der Waals surface area contributed by atoms with E-state index >= 15 is 0 Å². The van der Waals surface area contributed by atoms with Gasteiger partial charge in [0.25, 0.3) is 5.91 Å². The smallest absolute Gasteiger partial charge is 0.394 e. The van der Waals surface area contributed by atoms with Crippen LogP contribution in [0.4, 0.5) is 0 Å². The molecule has 1 saturated heterocycles. The van der Waals surface area contributed by atoms with Gasteiger partial charge >= 0.3 is 11.9 Å². The van der Waals surface area contributed by atoms with E-state index < -0.39 is 11.9 Å². The highest BCUT2D eigenvalue weighted by atomic mass is 35.5. The quantitative estimate of drug-likeness (QED) is 0.160. The molecule has 1 fully saturated rings. The van der Waals surface area contributed by atoms with Gasteiger partial charge in [-0.3, -0.25) is 14.3 Å². The average molecular weight is 655 g/mol. The molecule has 0 spiro atoms. The van der Waals surface area contributed by atoms with Gasteiger partial charge in [-0.05, 0) is 88.3 Å². The van der Waals surface area contributed by atoms with Gasteiger partial charge in [-0.25, -0.2) is 4.79 Å². The van der Waals surface area contributed by atoms with Crippen LogP contribution in [0.25, 0.3) is 22.0 Å². The molecule has 0 radical (unpaired) electrons. The van der Waals surface area contributed by atoms with Gasteiger partial charge in [-0.2, -0.15) is 5.10 Å².